The maximum atomic E-state index is 12.1. The number of carbonyl (C=O) groups excluding carboxylic acids is 2. The van der Waals surface area contributed by atoms with Crippen LogP contribution in [0.3, 0.4) is 0 Å². The van der Waals surface area contributed by atoms with E-state index in [-0.39, 0.29) is 19.2 Å². The van der Waals surface area contributed by atoms with Gasteiger partial charge in [0.1, 0.15) is 0 Å². The van der Waals surface area contributed by atoms with E-state index in [1.54, 1.807) is 31.2 Å². The summed E-state index contributed by atoms with van der Waals surface area (Å²) in [5, 5.41) is 0. The van der Waals surface area contributed by atoms with Crippen LogP contribution in [-0.2, 0) is 4.74 Å². The van der Waals surface area contributed by atoms with Crippen LogP contribution in [0.25, 0.3) is 0 Å². The molecular formula is C16H15NO5. The average Bonchev–Trinajstić information content (AvgIpc) is 3.09. The van der Waals surface area contributed by atoms with Gasteiger partial charge in [-0.25, -0.2) is 4.79 Å². The molecule has 0 radical (unpaired) electrons. The van der Waals surface area contributed by atoms with Crippen LogP contribution in [0, 0.1) is 13.8 Å². The number of H-pyrrole nitrogens is 1. The van der Waals surface area contributed by atoms with E-state index in [9.17, 15) is 9.59 Å². The number of aromatic amines is 1. The minimum Gasteiger partial charge on any atom is -0.454 e. The summed E-state index contributed by atoms with van der Waals surface area (Å²) in [4.78, 5) is 27.1. The van der Waals surface area contributed by atoms with Crippen molar-refractivity contribution in [3.63, 3.8) is 0 Å². The first-order valence-electron chi connectivity index (χ1n) is 6.81. The Labute approximate surface area is 127 Å². The molecule has 1 aliphatic heterocycles. The molecule has 22 heavy (non-hydrogen) atoms. The lowest BCUT2D eigenvalue weighted by molar-refractivity contribution is 0.0474. The van der Waals surface area contributed by atoms with Gasteiger partial charge in [0.05, 0.1) is 5.56 Å². The average molecular weight is 301 g/mol. The molecule has 2 heterocycles. The van der Waals surface area contributed by atoms with E-state index in [2.05, 4.69) is 4.98 Å². The monoisotopic (exact) mass is 301 g/mol. The number of Topliss-reactive ketones (excluding diaryl/α,β-unsaturated/α-hetero) is 1. The van der Waals surface area contributed by atoms with Crippen molar-refractivity contribution in [1.29, 1.82) is 0 Å². The molecule has 1 N–H and O–H groups in total. The van der Waals surface area contributed by atoms with Crippen molar-refractivity contribution in [2.45, 2.75) is 13.8 Å². The zero-order chi connectivity index (χ0) is 15.7. The maximum absolute atomic E-state index is 12.1. The Morgan fingerprint density at radius 3 is 2.68 bits per heavy atom. The summed E-state index contributed by atoms with van der Waals surface area (Å²) in [6.07, 6.45) is 0. The van der Waals surface area contributed by atoms with Gasteiger partial charge in [-0.15, -0.1) is 0 Å². The lowest BCUT2D eigenvalue weighted by Crippen LogP contribution is -2.14. The second-order valence-electron chi connectivity index (χ2n) is 5.06. The molecule has 0 amide bonds. The first-order chi connectivity index (χ1) is 10.5. The number of ether oxygens (including phenoxy) is 3. The van der Waals surface area contributed by atoms with Gasteiger partial charge in [-0.1, -0.05) is 0 Å². The fourth-order valence-electron chi connectivity index (χ4n) is 2.33. The standard InChI is InChI=1S/C16H15NO5/c1-9-5-12(10(2)17-9)13(18)7-20-16(19)11-3-4-14-15(6-11)22-8-21-14/h3-6,17H,7-8H2,1-2H3. The van der Waals surface area contributed by atoms with Crippen LogP contribution in [0.5, 0.6) is 11.5 Å². The maximum Gasteiger partial charge on any atom is 0.338 e. The second kappa shape index (κ2) is 5.55. The van der Waals surface area contributed by atoms with E-state index in [0.29, 0.717) is 22.6 Å². The van der Waals surface area contributed by atoms with E-state index >= 15 is 0 Å². The van der Waals surface area contributed by atoms with Crippen molar-refractivity contribution in [2.75, 3.05) is 13.4 Å². The molecule has 0 unspecified atom stereocenters. The summed E-state index contributed by atoms with van der Waals surface area (Å²) in [5.74, 6) is 0.274. The third-order valence-corrected chi connectivity index (χ3v) is 3.39. The second-order valence-corrected chi connectivity index (χ2v) is 5.06. The Morgan fingerprint density at radius 1 is 1.18 bits per heavy atom. The molecule has 0 saturated heterocycles. The molecule has 6 heteroatoms. The Bertz CT molecular complexity index is 747. The van der Waals surface area contributed by atoms with Crippen molar-refractivity contribution < 1.29 is 23.8 Å². The van der Waals surface area contributed by atoms with E-state index < -0.39 is 5.97 Å². The number of esters is 1. The summed E-state index contributed by atoms with van der Waals surface area (Å²) in [6.45, 7) is 3.51. The summed E-state index contributed by atoms with van der Waals surface area (Å²) in [5.41, 5.74) is 2.51. The number of aryl methyl sites for hydroxylation is 2. The summed E-state index contributed by atoms with van der Waals surface area (Å²) >= 11 is 0. The SMILES string of the molecule is Cc1cc(C(=O)COC(=O)c2ccc3c(c2)OCO3)c(C)[nH]1. The third-order valence-electron chi connectivity index (χ3n) is 3.39. The molecule has 6 nitrogen and oxygen atoms in total. The Morgan fingerprint density at radius 2 is 1.95 bits per heavy atom. The predicted octanol–water partition coefficient (Wildman–Crippen LogP) is 2.40. The molecule has 0 aliphatic carbocycles. The molecule has 2 aromatic rings. The minimum atomic E-state index is -0.573. The lowest BCUT2D eigenvalue weighted by Gasteiger charge is -2.05. The number of hydrogen-bond donors (Lipinski definition) is 1. The van der Waals surface area contributed by atoms with Gasteiger partial charge >= 0.3 is 5.97 Å². The first kappa shape index (κ1) is 14.2. The zero-order valence-electron chi connectivity index (χ0n) is 12.3. The molecule has 0 fully saturated rings. The molecule has 3 rings (SSSR count). The van der Waals surface area contributed by atoms with Gasteiger partial charge in [0, 0.05) is 17.0 Å². The van der Waals surface area contributed by atoms with Crippen LogP contribution in [0.4, 0.5) is 0 Å². The molecule has 1 aromatic heterocycles. The van der Waals surface area contributed by atoms with E-state index in [1.165, 1.54) is 0 Å². The summed E-state index contributed by atoms with van der Waals surface area (Å²) in [6, 6.07) is 6.50. The molecule has 114 valence electrons. The fraction of sp³-hybridized carbons (Fsp3) is 0.250. The molecule has 1 aromatic carbocycles. The Balaban J connectivity index is 1.65. The molecule has 0 atom stereocenters. The molecule has 1 aliphatic rings. The predicted molar refractivity (Wildman–Crippen MR) is 77.4 cm³/mol. The number of benzene rings is 1. The fourth-order valence-corrected chi connectivity index (χ4v) is 2.33. The van der Waals surface area contributed by atoms with Crippen molar-refractivity contribution in [3.8, 4) is 11.5 Å². The van der Waals surface area contributed by atoms with E-state index in [0.717, 1.165) is 11.4 Å². The zero-order valence-corrected chi connectivity index (χ0v) is 12.3. The topological polar surface area (TPSA) is 77.6 Å². The highest BCUT2D eigenvalue weighted by Gasteiger charge is 2.18. The van der Waals surface area contributed by atoms with Gasteiger partial charge in [-0.3, -0.25) is 4.79 Å². The highest BCUT2D eigenvalue weighted by molar-refractivity contribution is 6.00. The molecular weight excluding hydrogens is 286 g/mol. The van der Waals surface area contributed by atoms with Gasteiger partial charge in [0.25, 0.3) is 0 Å². The smallest absolute Gasteiger partial charge is 0.338 e. The Hall–Kier alpha value is -2.76. The van der Waals surface area contributed by atoms with Gasteiger partial charge in [0.2, 0.25) is 12.6 Å². The molecule has 0 saturated carbocycles. The number of ketones is 1. The Kier molecular flexibility index (Phi) is 3.58. The van der Waals surface area contributed by atoms with Crippen molar-refractivity contribution in [2.24, 2.45) is 0 Å². The van der Waals surface area contributed by atoms with Crippen LogP contribution >= 0.6 is 0 Å². The number of carbonyl (C=O) groups is 2. The number of nitrogens with one attached hydrogen (secondary N) is 1. The van der Waals surface area contributed by atoms with E-state index in [1.807, 2.05) is 6.92 Å². The van der Waals surface area contributed by atoms with Crippen LogP contribution in [0.2, 0.25) is 0 Å². The largest absolute Gasteiger partial charge is 0.454 e. The van der Waals surface area contributed by atoms with Crippen molar-refractivity contribution >= 4 is 11.8 Å². The highest BCUT2D eigenvalue weighted by Crippen LogP contribution is 2.32. The van der Waals surface area contributed by atoms with Crippen LogP contribution < -0.4 is 9.47 Å². The lowest BCUT2D eigenvalue weighted by atomic mass is 10.1. The molecule has 0 bridgehead atoms. The van der Waals surface area contributed by atoms with Crippen molar-refractivity contribution in [3.05, 3.63) is 46.8 Å². The number of fused-ring (bicyclic) bond motifs is 1. The van der Waals surface area contributed by atoms with Gasteiger partial charge in [-0.05, 0) is 38.1 Å². The van der Waals surface area contributed by atoms with Crippen LogP contribution in [0.15, 0.2) is 24.3 Å². The van der Waals surface area contributed by atoms with Gasteiger partial charge < -0.3 is 19.2 Å². The first-order valence-corrected chi connectivity index (χ1v) is 6.81. The quantitative estimate of drug-likeness (QED) is 0.693. The van der Waals surface area contributed by atoms with Gasteiger partial charge in [0.15, 0.2) is 18.1 Å². The minimum absolute atomic E-state index is 0.137. The van der Waals surface area contributed by atoms with Crippen molar-refractivity contribution in [1.82, 2.24) is 4.98 Å². The molecule has 0 spiro atoms. The summed E-state index contributed by atoms with van der Waals surface area (Å²) in [7, 11) is 0. The summed E-state index contributed by atoms with van der Waals surface area (Å²) < 4.78 is 15.4. The number of hydrogen-bond acceptors (Lipinski definition) is 5. The normalized spacial score (nSPS) is 12.3. The number of rotatable bonds is 4. The van der Waals surface area contributed by atoms with Gasteiger partial charge in [-0.2, -0.15) is 0 Å². The number of aromatic nitrogens is 1. The van der Waals surface area contributed by atoms with Crippen LogP contribution in [0.1, 0.15) is 32.1 Å². The van der Waals surface area contributed by atoms with Crippen LogP contribution in [-0.4, -0.2) is 30.1 Å². The third kappa shape index (κ3) is 2.67. The highest BCUT2D eigenvalue weighted by atomic mass is 16.7. The van der Waals surface area contributed by atoms with E-state index in [4.69, 9.17) is 14.2 Å².